The summed E-state index contributed by atoms with van der Waals surface area (Å²) >= 11 is 0. The first-order valence-corrected chi connectivity index (χ1v) is 8.27. The van der Waals surface area contributed by atoms with Crippen molar-refractivity contribution in [2.24, 2.45) is 0 Å². The molecule has 0 unspecified atom stereocenters. The van der Waals surface area contributed by atoms with Crippen molar-refractivity contribution in [3.05, 3.63) is 47.7 Å². The molecule has 2 rings (SSSR count). The number of nitrogens with zero attached hydrogens (tertiary/aromatic N) is 1. The molecule has 0 atom stereocenters. The van der Waals surface area contributed by atoms with Crippen LogP contribution in [0.3, 0.4) is 0 Å². The number of ether oxygens (including phenoxy) is 1. The number of oxazole rings is 1. The Hall–Kier alpha value is -2.30. The number of aromatic nitrogens is 1. The van der Waals surface area contributed by atoms with Gasteiger partial charge in [0.15, 0.2) is 12.5 Å². The zero-order valence-corrected chi connectivity index (χ0v) is 14.9. The average molecular weight is 330 g/mol. The fraction of sp³-hybridized carbons (Fsp3) is 0.474. The molecule has 1 heterocycles. The van der Waals surface area contributed by atoms with Crippen LogP contribution in [0.5, 0.6) is 5.75 Å². The molecule has 24 heavy (non-hydrogen) atoms. The minimum Gasteiger partial charge on any atom is -0.484 e. The van der Waals surface area contributed by atoms with E-state index in [1.807, 2.05) is 37.3 Å². The van der Waals surface area contributed by atoms with Crippen molar-refractivity contribution in [1.82, 2.24) is 10.3 Å². The van der Waals surface area contributed by atoms with Crippen molar-refractivity contribution >= 4 is 5.91 Å². The first-order chi connectivity index (χ1) is 11.4. The lowest BCUT2D eigenvalue weighted by Gasteiger charge is -2.12. The molecule has 2 aromatic rings. The van der Waals surface area contributed by atoms with E-state index < -0.39 is 0 Å². The number of hydrogen-bond acceptors (Lipinski definition) is 4. The van der Waals surface area contributed by atoms with Crippen LogP contribution in [0, 0.1) is 6.92 Å². The highest BCUT2D eigenvalue weighted by Gasteiger charge is 2.21. The maximum absolute atomic E-state index is 11.8. The van der Waals surface area contributed by atoms with Crippen molar-refractivity contribution in [3.63, 3.8) is 0 Å². The van der Waals surface area contributed by atoms with Gasteiger partial charge in [-0.2, -0.15) is 0 Å². The van der Waals surface area contributed by atoms with Crippen LogP contribution in [0.1, 0.15) is 44.5 Å². The number of para-hydroxylation sites is 1. The third kappa shape index (κ3) is 5.41. The molecule has 0 aliphatic carbocycles. The number of rotatable bonds is 7. The molecule has 0 radical (unpaired) electrons. The Bertz CT molecular complexity index is 657. The van der Waals surface area contributed by atoms with E-state index in [1.165, 1.54) is 0 Å². The van der Waals surface area contributed by atoms with Crippen LogP contribution in [0.25, 0.3) is 0 Å². The number of benzene rings is 1. The van der Waals surface area contributed by atoms with E-state index in [2.05, 4.69) is 31.1 Å². The molecule has 1 amide bonds. The zero-order chi connectivity index (χ0) is 17.6. The van der Waals surface area contributed by atoms with E-state index in [0.29, 0.717) is 12.3 Å². The second kappa shape index (κ2) is 7.99. The van der Waals surface area contributed by atoms with Crippen LogP contribution in [0.4, 0.5) is 0 Å². The summed E-state index contributed by atoms with van der Waals surface area (Å²) in [6.45, 7) is 8.81. The van der Waals surface area contributed by atoms with E-state index in [1.54, 1.807) is 0 Å². The van der Waals surface area contributed by atoms with Crippen LogP contribution in [-0.2, 0) is 16.6 Å². The van der Waals surface area contributed by atoms with Crippen molar-refractivity contribution in [2.45, 2.75) is 46.0 Å². The summed E-state index contributed by atoms with van der Waals surface area (Å²) in [6.07, 6.45) is 1.56. The average Bonchev–Trinajstić information content (AvgIpc) is 2.92. The molecule has 0 fully saturated rings. The zero-order valence-electron chi connectivity index (χ0n) is 14.9. The first-order valence-electron chi connectivity index (χ1n) is 8.27. The van der Waals surface area contributed by atoms with E-state index >= 15 is 0 Å². The molecule has 0 bridgehead atoms. The molecule has 0 aliphatic rings. The van der Waals surface area contributed by atoms with E-state index in [9.17, 15) is 4.79 Å². The van der Waals surface area contributed by atoms with Gasteiger partial charge in [-0.3, -0.25) is 4.79 Å². The van der Waals surface area contributed by atoms with Crippen LogP contribution in [0.15, 0.2) is 34.7 Å². The molecular formula is C19H26N2O3. The molecule has 0 aliphatic heterocycles. The lowest BCUT2D eigenvalue weighted by atomic mass is 9.97. The van der Waals surface area contributed by atoms with Gasteiger partial charge in [0.05, 0.1) is 5.69 Å². The van der Waals surface area contributed by atoms with E-state index in [4.69, 9.17) is 9.15 Å². The molecule has 5 nitrogen and oxygen atoms in total. The summed E-state index contributed by atoms with van der Waals surface area (Å²) in [6, 6.07) is 9.31. The van der Waals surface area contributed by atoms with Gasteiger partial charge in [-0.15, -0.1) is 0 Å². The number of carbonyl (C=O) groups is 1. The SMILES string of the molecule is Cc1nc(C(C)(C)C)oc1CCCNC(=O)COc1ccccc1. The van der Waals surface area contributed by atoms with Gasteiger partial charge in [0.25, 0.3) is 5.91 Å². The Morgan fingerprint density at radius 1 is 1.25 bits per heavy atom. The molecule has 0 spiro atoms. The fourth-order valence-corrected chi connectivity index (χ4v) is 2.17. The van der Waals surface area contributed by atoms with Crippen molar-refractivity contribution < 1.29 is 13.9 Å². The minimum absolute atomic E-state index is 0.0273. The molecule has 5 heteroatoms. The quantitative estimate of drug-likeness (QED) is 0.790. The number of nitrogens with one attached hydrogen (secondary N) is 1. The Balaban J connectivity index is 1.69. The Labute approximate surface area is 143 Å². The fourth-order valence-electron chi connectivity index (χ4n) is 2.17. The second-order valence-electron chi connectivity index (χ2n) is 6.83. The van der Waals surface area contributed by atoms with Crippen LogP contribution in [-0.4, -0.2) is 24.0 Å². The van der Waals surface area contributed by atoms with Gasteiger partial charge in [0.2, 0.25) is 0 Å². The van der Waals surface area contributed by atoms with E-state index in [-0.39, 0.29) is 17.9 Å². The standard InChI is InChI=1S/C19H26N2O3/c1-14-16(24-18(21-14)19(2,3)4)11-8-12-20-17(22)13-23-15-9-6-5-7-10-15/h5-7,9-10H,8,11-13H2,1-4H3,(H,20,22). The van der Waals surface area contributed by atoms with Crippen molar-refractivity contribution in [2.75, 3.05) is 13.2 Å². The molecule has 1 aromatic carbocycles. The molecule has 1 aromatic heterocycles. The Morgan fingerprint density at radius 3 is 2.58 bits per heavy atom. The Morgan fingerprint density at radius 2 is 1.96 bits per heavy atom. The van der Waals surface area contributed by atoms with Crippen LogP contribution in [0.2, 0.25) is 0 Å². The highest BCUT2D eigenvalue weighted by Crippen LogP contribution is 2.24. The van der Waals surface area contributed by atoms with Gasteiger partial charge in [0, 0.05) is 18.4 Å². The maximum atomic E-state index is 11.8. The summed E-state index contributed by atoms with van der Waals surface area (Å²) in [5, 5.41) is 2.85. The smallest absolute Gasteiger partial charge is 0.257 e. The van der Waals surface area contributed by atoms with E-state index in [0.717, 1.165) is 30.2 Å². The monoisotopic (exact) mass is 330 g/mol. The van der Waals surface area contributed by atoms with Gasteiger partial charge >= 0.3 is 0 Å². The van der Waals surface area contributed by atoms with Crippen molar-refractivity contribution in [3.8, 4) is 5.75 Å². The van der Waals surface area contributed by atoms with Gasteiger partial charge in [-0.05, 0) is 25.5 Å². The number of amides is 1. The largest absolute Gasteiger partial charge is 0.484 e. The summed E-state index contributed by atoms with van der Waals surface area (Å²) < 4.78 is 11.2. The topological polar surface area (TPSA) is 64.4 Å². The number of aryl methyl sites for hydroxylation is 2. The number of hydrogen-bond donors (Lipinski definition) is 1. The summed E-state index contributed by atoms with van der Waals surface area (Å²) in [5.74, 6) is 2.23. The minimum atomic E-state index is -0.122. The summed E-state index contributed by atoms with van der Waals surface area (Å²) in [5.41, 5.74) is 0.838. The van der Waals surface area contributed by atoms with Gasteiger partial charge in [-0.1, -0.05) is 39.0 Å². The lowest BCUT2D eigenvalue weighted by molar-refractivity contribution is -0.123. The van der Waals surface area contributed by atoms with Crippen molar-refractivity contribution in [1.29, 1.82) is 0 Å². The molecule has 0 saturated carbocycles. The highest BCUT2D eigenvalue weighted by atomic mass is 16.5. The third-order valence-electron chi connectivity index (χ3n) is 3.55. The summed E-state index contributed by atoms with van der Waals surface area (Å²) in [4.78, 5) is 16.2. The second-order valence-corrected chi connectivity index (χ2v) is 6.83. The lowest BCUT2D eigenvalue weighted by Crippen LogP contribution is -2.29. The van der Waals surface area contributed by atoms with Gasteiger partial charge < -0.3 is 14.5 Å². The maximum Gasteiger partial charge on any atom is 0.257 e. The molecule has 0 saturated heterocycles. The summed E-state index contributed by atoms with van der Waals surface area (Å²) in [7, 11) is 0. The molecule has 1 N–H and O–H groups in total. The van der Waals surface area contributed by atoms with Crippen LogP contribution < -0.4 is 10.1 Å². The number of carbonyl (C=O) groups excluding carboxylic acids is 1. The Kier molecular flexibility index (Phi) is 6.01. The molecule has 130 valence electrons. The predicted molar refractivity (Wildman–Crippen MR) is 93.2 cm³/mol. The normalized spacial score (nSPS) is 11.3. The highest BCUT2D eigenvalue weighted by molar-refractivity contribution is 5.77. The third-order valence-corrected chi connectivity index (χ3v) is 3.55. The van der Waals surface area contributed by atoms with Crippen LogP contribution >= 0.6 is 0 Å². The van der Waals surface area contributed by atoms with Gasteiger partial charge in [0.1, 0.15) is 11.5 Å². The molecular weight excluding hydrogens is 304 g/mol. The predicted octanol–water partition coefficient (Wildman–Crippen LogP) is 3.41. The first kappa shape index (κ1) is 18.0. The van der Waals surface area contributed by atoms with Gasteiger partial charge in [-0.25, -0.2) is 4.98 Å².